The molecular weight excluding hydrogens is 220 g/mol. The molecule has 2 N–H and O–H groups in total. The summed E-state index contributed by atoms with van der Waals surface area (Å²) in [5, 5.41) is 5.83. The Hall–Kier alpha value is -1.75. The number of methoxy groups -OCH3 is 2. The molecule has 0 saturated carbocycles. The van der Waals surface area contributed by atoms with Crippen molar-refractivity contribution in [1.29, 1.82) is 0 Å². The van der Waals surface area contributed by atoms with Crippen LogP contribution < -0.4 is 20.1 Å². The number of likely N-dealkylation sites (N-methyl/N-ethyl adjacent to an activating group) is 1. The molecule has 5 heteroatoms. The molecule has 0 spiro atoms. The van der Waals surface area contributed by atoms with E-state index in [1.54, 1.807) is 27.3 Å². The van der Waals surface area contributed by atoms with E-state index in [-0.39, 0.29) is 11.9 Å². The first-order valence-corrected chi connectivity index (χ1v) is 5.42. The van der Waals surface area contributed by atoms with Crippen LogP contribution in [0.25, 0.3) is 0 Å². The highest BCUT2D eigenvalue weighted by molar-refractivity contribution is 5.99. The molecule has 1 aliphatic heterocycles. The van der Waals surface area contributed by atoms with Crippen LogP contribution in [0.15, 0.2) is 12.1 Å². The number of fused-ring (bicyclic) bond motifs is 1. The molecule has 1 heterocycles. The van der Waals surface area contributed by atoms with E-state index in [4.69, 9.17) is 9.47 Å². The first kappa shape index (κ1) is 11.7. The first-order chi connectivity index (χ1) is 8.19. The fraction of sp³-hybridized carbons (Fsp3) is 0.417. The summed E-state index contributed by atoms with van der Waals surface area (Å²) in [6, 6.07) is 3.47. The average molecular weight is 236 g/mol. The van der Waals surface area contributed by atoms with Crippen LogP contribution in [0.3, 0.4) is 0 Å². The summed E-state index contributed by atoms with van der Waals surface area (Å²) >= 11 is 0. The van der Waals surface area contributed by atoms with Gasteiger partial charge in [0.15, 0.2) is 0 Å². The smallest absolute Gasteiger partial charge is 0.241 e. The molecule has 0 bridgehead atoms. The molecule has 0 fully saturated rings. The third-order valence-corrected chi connectivity index (χ3v) is 2.95. The SMILES string of the molecule is CNC1Cc2cc(OC)cc(OC)c2NC1=O. The van der Waals surface area contributed by atoms with Gasteiger partial charge in [-0.1, -0.05) is 0 Å². The number of hydrogen-bond donors (Lipinski definition) is 2. The highest BCUT2D eigenvalue weighted by Crippen LogP contribution is 2.36. The number of carbonyl (C=O) groups is 1. The second kappa shape index (κ2) is 4.63. The largest absolute Gasteiger partial charge is 0.497 e. The topological polar surface area (TPSA) is 59.6 Å². The van der Waals surface area contributed by atoms with Gasteiger partial charge in [-0.05, 0) is 25.1 Å². The van der Waals surface area contributed by atoms with Crippen LogP contribution in [-0.2, 0) is 11.2 Å². The summed E-state index contributed by atoms with van der Waals surface area (Å²) in [7, 11) is 4.95. The minimum atomic E-state index is -0.209. The van der Waals surface area contributed by atoms with Gasteiger partial charge in [0.25, 0.3) is 0 Å². The number of nitrogens with one attached hydrogen (secondary N) is 2. The van der Waals surface area contributed by atoms with Crippen molar-refractivity contribution in [3.05, 3.63) is 17.7 Å². The van der Waals surface area contributed by atoms with Crippen molar-refractivity contribution in [3.8, 4) is 11.5 Å². The van der Waals surface area contributed by atoms with Crippen LogP contribution in [0.1, 0.15) is 5.56 Å². The normalized spacial score (nSPS) is 18.3. The van der Waals surface area contributed by atoms with Gasteiger partial charge in [-0.2, -0.15) is 0 Å². The van der Waals surface area contributed by atoms with Crippen molar-refractivity contribution >= 4 is 11.6 Å². The van der Waals surface area contributed by atoms with E-state index in [0.29, 0.717) is 12.2 Å². The summed E-state index contributed by atoms with van der Waals surface area (Å²) < 4.78 is 10.5. The number of carbonyl (C=O) groups excluding carboxylic acids is 1. The van der Waals surface area contributed by atoms with Crippen molar-refractivity contribution in [2.24, 2.45) is 0 Å². The summed E-state index contributed by atoms with van der Waals surface area (Å²) in [5.41, 5.74) is 1.75. The van der Waals surface area contributed by atoms with E-state index in [2.05, 4.69) is 10.6 Å². The number of ether oxygens (including phenoxy) is 2. The lowest BCUT2D eigenvalue weighted by atomic mass is 9.98. The summed E-state index contributed by atoms with van der Waals surface area (Å²) in [4.78, 5) is 11.8. The van der Waals surface area contributed by atoms with Crippen LogP contribution >= 0.6 is 0 Å². The standard InChI is InChI=1S/C12H16N2O3/c1-13-9-5-7-4-8(16-2)6-10(17-3)11(7)14-12(9)15/h4,6,9,13H,5H2,1-3H3,(H,14,15). The molecular formula is C12H16N2O3. The molecule has 5 nitrogen and oxygen atoms in total. The van der Waals surface area contributed by atoms with Crippen LogP contribution in [0, 0.1) is 0 Å². The minimum absolute atomic E-state index is 0.0385. The predicted molar refractivity (Wildman–Crippen MR) is 64.7 cm³/mol. The molecule has 92 valence electrons. The lowest BCUT2D eigenvalue weighted by Gasteiger charge is -2.26. The molecule has 2 rings (SSSR count). The van der Waals surface area contributed by atoms with Gasteiger partial charge in [0.05, 0.1) is 25.9 Å². The van der Waals surface area contributed by atoms with Gasteiger partial charge >= 0.3 is 0 Å². The van der Waals surface area contributed by atoms with Gasteiger partial charge in [-0.15, -0.1) is 0 Å². The molecule has 0 aromatic heterocycles. The van der Waals surface area contributed by atoms with E-state index in [0.717, 1.165) is 17.0 Å². The fourth-order valence-electron chi connectivity index (χ4n) is 1.98. The van der Waals surface area contributed by atoms with Gasteiger partial charge < -0.3 is 20.1 Å². The monoisotopic (exact) mass is 236 g/mol. The molecule has 1 aromatic rings. The molecule has 1 atom stereocenters. The fourth-order valence-corrected chi connectivity index (χ4v) is 1.98. The maximum Gasteiger partial charge on any atom is 0.241 e. The second-order valence-electron chi connectivity index (χ2n) is 3.90. The summed E-state index contributed by atoms with van der Waals surface area (Å²) in [5.74, 6) is 1.32. The highest BCUT2D eigenvalue weighted by atomic mass is 16.5. The Morgan fingerprint density at radius 1 is 1.35 bits per heavy atom. The van der Waals surface area contributed by atoms with E-state index in [1.165, 1.54) is 0 Å². The molecule has 1 aromatic carbocycles. The molecule has 1 unspecified atom stereocenters. The Kier molecular flexibility index (Phi) is 3.19. The van der Waals surface area contributed by atoms with Gasteiger partial charge in [0.1, 0.15) is 11.5 Å². The zero-order chi connectivity index (χ0) is 12.4. The molecule has 0 aliphatic carbocycles. The molecule has 17 heavy (non-hydrogen) atoms. The van der Waals surface area contributed by atoms with Gasteiger partial charge in [-0.3, -0.25) is 4.79 Å². The van der Waals surface area contributed by atoms with Crippen molar-refractivity contribution in [3.63, 3.8) is 0 Å². The van der Waals surface area contributed by atoms with Crippen LogP contribution in [-0.4, -0.2) is 33.2 Å². The minimum Gasteiger partial charge on any atom is -0.497 e. The van der Waals surface area contributed by atoms with Crippen LogP contribution in [0.2, 0.25) is 0 Å². The lowest BCUT2D eigenvalue weighted by Crippen LogP contribution is -2.43. The number of anilines is 1. The number of hydrogen-bond acceptors (Lipinski definition) is 4. The summed E-state index contributed by atoms with van der Waals surface area (Å²) in [6.45, 7) is 0. The van der Waals surface area contributed by atoms with Crippen molar-refractivity contribution in [2.45, 2.75) is 12.5 Å². The number of amides is 1. The van der Waals surface area contributed by atoms with Crippen molar-refractivity contribution < 1.29 is 14.3 Å². The quantitative estimate of drug-likeness (QED) is 0.814. The predicted octanol–water partition coefficient (Wildman–Crippen LogP) is 0.786. The maximum absolute atomic E-state index is 11.8. The van der Waals surface area contributed by atoms with Crippen LogP contribution in [0.5, 0.6) is 11.5 Å². The average Bonchev–Trinajstić information content (AvgIpc) is 2.36. The Balaban J connectivity index is 2.45. The van der Waals surface area contributed by atoms with E-state index in [9.17, 15) is 4.79 Å². The third-order valence-electron chi connectivity index (χ3n) is 2.95. The van der Waals surface area contributed by atoms with Gasteiger partial charge in [0.2, 0.25) is 5.91 Å². The van der Waals surface area contributed by atoms with E-state index in [1.807, 2.05) is 6.07 Å². The Labute approximate surface area is 100 Å². The highest BCUT2D eigenvalue weighted by Gasteiger charge is 2.27. The first-order valence-electron chi connectivity index (χ1n) is 5.42. The number of benzene rings is 1. The maximum atomic E-state index is 11.8. The Bertz CT molecular complexity index is 446. The Morgan fingerprint density at radius 2 is 2.12 bits per heavy atom. The van der Waals surface area contributed by atoms with Gasteiger partial charge in [0, 0.05) is 6.07 Å². The lowest BCUT2D eigenvalue weighted by molar-refractivity contribution is -0.118. The zero-order valence-corrected chi connectivity index (χ0v) is 10.2. The van der Waals surface area contributed by atoms with E-state index >= 15 is 0 Å². The second-order valence-corrected chi connectivity index (χ2v) is 3.90. The number of rotatable bonds is 3. The van der Waals surface area contributed by atoms with Gasteiger partial charge in [-0.25, -0.2) is 0 Å². The third kappa shape index (κ3) is 2.06. The molecule has 0 saturated heterocycles. The summed E-state index contributed by atoms with van der Waals surface area (Å²) in [6.07, 6.45) is 0.630. The molecule has 1 aliphatic rings. The van der Waals surface area contributed by atoms with Crippen molar-refractivity contribution in [1.82, 2.24) is 5.32 Å². The Morgan fingerprint density at radius 3 is 2.71 bits per heavy atom. The zero-order valence-electron chi connectivity index (χ0n) is 10.2. The van der Waals surface area contributed by atoms with Crippen molar-refractivity contribution in [2.75, 3.05) is 26.6 Å². The molecule has 1 amide bonds. The van der Waals surface area contributed by atoms with Crippen LogP contribution in [0.4, 0.5) is 5.69 Å². The molecule has 0 radical (unpaired) electrons. The van der Waals surface area contributed by atoms with E-state index < -0.39 is 0 Å².